The Morgan fingerprint density at radius 1 is 1.20 bits per heavy atom. The Labute approximate surface area is 172 Å². The number of benzene rings is 1. The van der Waals surface area contributed by atoms with Crippen molar-refractivity contribution in [2.45, 2.75) is 18.2 Å². The summed E-state index contributed by atoms with van der Waals surface area (Å²) in [5, 5.41) is 2.93. The predicted molar refractivity (Wildman–Crippen MR) is 105 cm³/mol. The van der Waals surface area contributed by atoms with E-state index in [1.54, 1.807) is 35.5 Å². The number of carbonyl (C=O) groups excluding carboxylic acids is 2. The first-order valence-corrected chi connectivity index (χ1v) is 9.88. The lowest BCUT2D eigenvalue weighted by molar-refractivity contribution is -0.136. The first kappa shape index (κ1) is 17.5. The summed E-state index contributed by atoms with van der Waals surface area (Å²) in [6, 6.07) is 9.02. The van der Waals surface area contributed by atoms with Gasteiger partial charge in [0.2, 0.25) is 18.6 Å². The van der Waals surface area contributed by atoms with Crippen molar-refractivity contribution in [3.8, 4) is 11.5 Å². The molecule has 2 amide bonds. The number of ether oxygens (including phenoxy) is 3. The van der Waals surface area contributed by atoms with Crippen molar-refractivity contribution in [1.82, 2.24) is 9.88 Å². The largest absolute Gasteiger partial charge is 0.454 e. The van der Waals surface area contributed by atoms with Gasteiger partial charge in [0.25, 0.3) is 0 Å². The van der Waals surface area contributed by atoms with Crippen LogP contribution in [-0.2, 0) is 20.9 Å². The maximum atomic E-state index is 13.3. The number of pyridine rings is 1. The first-order valence-electron chi connectivity index (χ1n) is 9.88. The highest BCUT2D eigenvalue weighted by Crippen LogP contribution is 2.52. The zero-order chi connectivity index (χ0) is 20.3. The smallest absolute Gasteiger partial charge is 0.231 e. The van der Waals surface area contributed by atoms with Crippen LogP contribution in [0.2, 0.25) is 0 Å². The molecule has 1 spiro atoms. The van der Waals surface area contributed by atoms with Crippen LogP contribution >= 0.6 is 0 Å². The summed E-state index contributed by atoms with van der Waals surface area (Å²) in [6.07, 6.45) is 6.88. The number of hydrogen-bond donors (Lipinski definition) is 1. The fourth-order valence-electron chi connectivity index (χ4n) is 4.92. The van der Waals surface area contributed by atoms with E-state index < -0.39 is 23.5 Å². The van der Waals surface area contributed by atoms with Gasteiger partial charge in [-0.05, 0) is 29.8 Å². The van der Waals surface area contributed by atoms with Crippen molar-refractivity contribution in [1.29, 1.82) is 0 Å². The number of aromatic nitrogens is 1. The lowest BCUT2D eigenvalue weighted by atomic mass is 9.77. The van der Waals surface area contributed by atoms with Gasteiger partial charge >= 0.3 is 0 Å². The first-order chi connectivity index (χ1) is 14.6. The monoisotopic (exact) mass is 405 g/mol. The van der Waals surface area contributed by atoms with Gasteiger partial charge in [0, 0.05) is 30.7 Å². The number of hydrogen-bond acceptors (Lipinski definition) is 6. The number of nitrogens with one attached hydrogen (secondary N) is 1. The molecule has 8 nitrogen and oxygen atoms in total. The highest BCUT2D eigenvalue weighted by molar-refractivity contribution is 5.99. The maximum Gasteiger partial charge on any atom is 0.231 e. The van der Waals surface area contributed by atoms with Gasteiger partial charge in [-0.2, -0.15) is 0 Å². The van der Waals surface area contributed by atoms with E-state index in [-0.39, 0.29) is 18.6 Å². The lowest BCUT2D eigenvalue weighted by Crippen LogP contribution is -2.41. The summed E-state index contributed by atoms with van der Waals surface area (Å²) in [5.74, 6) is -0.137. The molecule has 2 bridgehead atoms. The molecule has 4 aliphatic rings. The minimum Gasteiger partial charge on any atom is -0.454 e. The van der Waals surface area contributed by atoms with Gasteiger partial charge in [0.1, 0.15) is 5.60 Å². The van der Waals surface area contributed by atoms with E-state index in [4.69, 9.17) is 14.2 Å². The molecule has 4 aliphatic heterocycles. The molecule has 5 heterocycles. The Bertz CT molecular complexity index is 1070. The number of likely N-dealkylation sites (tertiary alicyclic amines) is 1. The van der Waals surface area contributed by atoms with Gasteiger partial charge in [-0.1, -0.05) is 12.2 Å². The molecule has 1 N–H and O–H groups in total. The number of anilines is 1. The van der Waals surface area contributed by atoms with Gasteiger partial charge in [0.15, 0.2) is 11.5 Å². The summed E-state index contributed by atoms with van der Waals surface area (Å²) in [6.45, 7) is 1.08. The van der Waals surface area contributed by atoms with Gasteiger partial charge < -0.3 is 24.4 Å². The summed E-state index contributed by atoms with van der Waals surface area (Å²) < 4.78 is 16.9. The fraction of sp³-hybridized carbons (Fsp3) is 0.318. The van der Waals surface area contributed by atoms with Crippen LogP contribution in [0.5, 0.6) is 11.5 Å². The van der Waals surface area contributed by atoms with Crippen molar-refractivity contribution in [3.05, 3.63) is 60.4 Å². The highest BCUT2D eigenvalue weighted by atomic mass is 16.7. The van der Waals surface area contributed by atoms with Crippen molar-refractivity contribution in [2.24, 2.45) is 11.8 Å². The van der Waals surface area contributed by atoms with E-state index in [0.717, 1.165) is 5.56 Å². The van der Waals surface area contributed by atoms with Gasteiger partial charge in [-0.3, -0.25) is 14.6 Å². The van der Waals surface area contributed by atoms with Gasteiger partial charge in [-0.15, -0.1) is 0 Å². The number of carbonyl (C=O) groups is 2. The Balaban J connectivity index is 1.24. The molecule has 30 heavy (non-hydrogen) atoms. The maximum absolute atomic E-state index is 13.3. The molecule has 0 aliphatic carbocycles. The standard InChI is InChI=1S/C22H19N3O5/c26-20(24-14-1-2-15-17(9-14)29-12-28-15)18-16-3-6-22(30-16)11-25(21(27)19(18)22)10-13-4-7-23-8-5-13/h1-9,16,18-19H,10-12H2,(H,24,26). The van der Waals surface area contributed by atoms with E-state index in [2.05, 4.69) is 10.3 Å². The molecule has 6 rings (SSSR count). The van der Waals surface area contributed by atoms with Crippen LogP contribution < -0.4 is 14.8 Å². The number of nitrogens with zero attached hydrogens (tertiary/aromatic N) is 2. The zero-order valence-corrected chi connectivity index (χ0v) is 16.0. The Kier molecular flexibility index (Phi) is 3.67. The minimum absolute atomic E-state index is 0.0514. The second-order valence-corrected chi connectivity index (χ2v) is 8.01. The molecule has 2 aromatic rings. The van der Waals surface area contributed by atoms with Crippen LogP contribution in [0.25, 0.3) is 0 Å². The lowest BCUT2D eigenvalue weighted by Gasteiger charge is -2.23. The molecule has 152 valence electrons. The molecule has 4 unspecified atom stereocenters. The molecule has 8 heteroatoms. The molecule has 4 atom stereocenters. The van der Waals surface area contributed by atoms with E-state index in [1.165, 1.54) is 0 Å². The SMILES string of the molecule is O=C(Nc1ccc2c(c1)OCO2)C1C2C=CC3(CN(Cc4ccncc4)C(=O)C13)O2. The topological polar surface area (TPSA) is 90.0 Å². The zero-order valence-electron chi connectivity index (χ0n) is 16.0. The van der Waals surface area contributed by atoms with Crippen LogP contribution in [0.1, 0.15) is 5.56 Å². The third kappa shape index (κ3) is 2.53. The molecular weight excluding hydrogens is 386 g/mol. The van der Waals surface area contributed by atoms with Crippen LogP contribution in [0.15, 0.2) is 54.9 Å². The van der Waals surface area contributed by atoms with Crippen molar-refractivity contribution >= 4 is 17.5 Å². The highest BCUT2D eigenvalue weighted by Gasteiger charge is 2.66. The van der Waals surface area contributed by atoms with Crippen LogP contribution in [0, 0.1) is 11.8 Å². The molecule has 2 fully saturated rings. The van der Waals surface area contributed by atoms with Gasteiger partial charge in [-0.25, -0.2) is 0 Å². The van der Waals surface area contributed by atoms with E-state index in [0.29, 0.717) is 30.3 Å². The van der Waals surface area contributed by atoms with E-state index in [1.807, 2.05) is 24.3 Å². The molecule has 2 saturated heterocycles. The third-order valence-electron chi connectivity index (χ3n) is 6.24. The molecule has 0 saturated carbocycles. The Morgan fingerprint density at radius 3 is 2.90 bits per heavy atom. The number of fused-ring (bicyclic) bond motifs is 2. The minimum atomic E-state index is -0.730. The van der Waals surface area contributed by atoms with E-state index in [9.17, 15) is 9.59 Å². The van der Waals surface area contributed by atoms with Crippen molar-refractivity contribution in [3.63, 3.8) is 0 Å². The number of amides is 2. The third-order valence-corrected chi connectivity index (χ3v) is 6.24. The predicted octanol–water partition coefficient (Wildman–Crippen LogP) is 1.73. The van der Waals surface area contributed by atoms with Crippen molar-refractivity contribution < 1.29 is 23.8 Å². The Hall–Kier alpha value is -3.39. The quantitative estimate of drug-likeness (QED) is 0.780. The average Bonchev–Trinajstić information content (AvgIpc) is 3.50. The summed E-state index contributed by atoms with van der Waals surface area (Å²) in [4.78, 5) is 32.2. The fourth-order valence-corrected chi connectivity index (χ4v) is 4.92. The summed E-state index contributed by atoms with van der Waals surface area (Å²) >= 11 is 0. The average molecular weight is 405 g/mol. The second kappa shape index (κ2) is 6.30. The molecular formula is C22H19N3O5. The second-order valence-electron chi connectivity index (χ2n) is 8.01. The van der Waals surface area contributed by atoms with Crippen molar-refractivity contribution in [2.75, 3.05) is 18.7 Å². The molecule has 0 radical (unpaired) electrons. The number of rotatable bonds is 4. The molecule has 1 aromatic heterocycles. The molecule has 1 aromatic carbocycles. The van der Waals surface area contributed by atoms with Crippen LogP contribution in [-0.4, -0.2) is 46.7 Å². The van der Waals surface area contributed by atoms with Gasteiger partial charge in [0.05, 0.1) is 24.5 Å². The van der Waals surface area contributed by atoms with Crippen LogP contribution in [0.3, 0.4) is 0 Å². The summed E-state index contributed by atoms with van der Waals surface area (Å²) in [7, 11) is 0. The van der Waals surface area contributed by atoms with E-state index >= 15 is 0 Å². The van der Waals surface area contributed by atoms with Crippen LogP contribution in [0.4, 0.5) is 5.69 Å². The normalized spacial score (nSPS) is 30.1. The Morgan fingerprint density at radius 2 is 2.03 bits per heavy atom. The summed E-state index contributed by atoms with van der Waals surface area (Å²) in [5.41, 5.74) is 0.866.